The van der Waals surface area contributed by atoms with Gasteiger partial charge in [-0.3, -0.25) is 14.9 Å². The van der Waals surface area contributed by atoms with Crippen LogP contribution in [0.3, 0.4) is 0 Å². The third-order valence-electron chi connectivity index (χ3n) is 12.0. The van der Waals surface area contributed by atoms with Crippen LogP contribution in [-0.2, 0) is 16.1 Å². The molecule has 0 spiro atoms. The van der Waals surface area contributed by atoms with Crippen molar-refractivity contribution in [3.63, 3.8) is 0 Å². The molecule has 50 heavy (non-hydrogen) atoms. The second kappa shape index (κ2) is 18.3. The van der Waals surface area contributed by atoms with Crippen LogP contribution in [0, 0.1) is 0 Å². The number of urea groups is 1. The van der Waals surface area contributed by atoms with E-state index in [1.165, 1.54) is 64.2 Å². The van der Waals surface area contributed by atoms with Gasteiger partial charge in [0, 0.05) is 49.7 Å². The summed E-state index contributed by atoms with van der Waals surface area (Å²) in [4.78, 5) is 51.4. The van der Waals surface area contributed by atoms with Gasteiger partial charge in [-0.05, 0) is 76.0 Å². The number of fused-ring (bicyclic) bond motifs is 1. The Hall–Kier alpha value is -3.30. The maximum absolute atomic E-state index is 14.2. The van der Waals surface area contributed by atoms with Crippen LogP contribution in [0.1, 0.15) is 147 Å². The number of nitrogens with zero attached hydrogens (tertiary/aromatic N) is 4. The molecule has 0 bridgehead atoms. The van der Waals surface area contributed by atoms with Crippen LogP contribution in [-0.4, -0.2) is 82.9 Å². The molecule has 1 heterocycles. The van der Waals surface area contributed by atoms with Crippen molar-refractivity contribution in [1.82, 2.24) is 25.3 Å². The zero-order valence-electron chi connectivity index (χ0n) is 30.6. The summed E-state index contributed by atoms with van der Waals surface area (Å²) in [5.74, 6) is 1.34. The number of benzene rings is 1. The monoisotopic (exact) mass is 690 g/mol. The van der Waals surface area contributed by atoms with Gasteiger partial charge in [-0.25, -0.2) is 9.79 Å². The molecular formula is C40H62N6O4. The summed E-state index contributed by atoms with van der Waals surface area (Å²) in [5.41, 5.74) is 1.73. The number of nitrogens with one attached hydrogen (secondary N) is 2. The van der Waals surface area contributed by atoms with Gasteiger partial charge in [0.2, 0.25) is 17.8 Å². The molecule has 0 radical (unpaired) electrons. The van der Waals surface area contributed by atoms with E-state index in [2.05, 4.69) is 15.5 Å². The van der Waals surface area contributed by atoms with Crippen molar-refractivity contribution in [2.24, 2.45) is 4.99 Å². The van der Waals surface area contributed by atoms with Gasteiger partial charge in [0.1, 0.15) is 12.3 Å². The van der Waals surface area contributed by atoms with Crippen molar-refractivity contribution in [2.75, 3.05) is 20.2 Å². The minimum absolute atomic E-state index is 0.0333. The van der Waals surface area contributed by atoms with Crippen LogP contribution < -0.4 is 15.4 Å². The average Bonchev–Trinajstić information content (AvgIpc) is 3.15. The standard InChI is InChI=1S/C40H62N6O4/c1-44(32-17-8-3-9-18-32)38(48)23-14-26-50-35-24-25-36-30(27-35)28-45(29-37(47)41-31-15-6-2-7-16-31)39(42-36)43-40(49)46(33-19-10-4-11-20-33)34-21-12-5-13-22-34/h24-25,27,31-34H,2-23,26,28-29H2,1H3,(H,41,47)(H,42,43,49). The molecule has 4 aliphatic carbocycles. The maximum Gasteiger partial charge on any atom is 0.324 e. The number of hydrogen-bond donors (Lipinski definition) is 2. The fraction of sp³-hybridized carbons (Fsp3) is 0.750. The second-order valence-corrected chi connectivity index (χ2v) is 15.7. The average molecular weight is 691 g/mol. The lowest BCUT2D eigenvalue weighted by atomic mass is 9.89. The van der Waals surface area contributed by atoms with E-state index < -0.39 is 0 Å². The Morgan fingerprint density at radius 2 is 1.38 bits per heavy atom. The summed E-state index contributed by atoms with van der Waals surface area (Å²) < 4.78 is 6.13. The highest BCUT2D eigenvalue weighted by atomic mass is 16.5. The summed E-state index contributed by atoms with van der Waals surface area (Å²) >= 11 is 0. The predicted molar refractivity (Wildman–Crippen MR) is 197 cm³/mol. The molecule has 10 heteroatoms. The highest BCUT2D eigenvalue weighted by Crippen LogP contribution is 2.32. The number of carbonyl (C=O) groups excluding carboxylic acids is 3. The summed E-state index contributed by atoms with van der Waals surface area (Å²) in [6.45, 7) is 1.03. The molecule has 4 fully saturated rings. The molecule has 10 nitrogen and oxygen atoms in total. The van der Waals surface area contributed by atoms with Crippen molar-refractivity contribution < 1.29 is 19.1 Å². The maximum atomic E-state index is 14.2. The Morgan fingerprint density at radius 3 is 2.00 bits per heavy atom. The smallest absolute Gasteiger partial charge is 0.324 e. The quantitative estimate of drug-likeness (QED) is 0.233. The lowest BCUT2D eigenvalue weighted by Crippen LogP contribution is -2.57. The van der Waals surface area contributed by atoms with Gasteiger partial charge in [0.25, 0.3) is 0 Å². The predicted octanol–water partition coefficient (Wildman–Crippen LogP) is 7.57. The Morgan fingerprint density at radius 1 is 0.800 bits per heavy atom. The Balaban J connectivity index is 1.12. The fourth-order valence-corrected chi connectivity index (χ4v) is 9.05. The van der Waals surface area contributed by atoms with E-state index in [0.29, 0.717) is 38.0 Å². The minimum Gasteiger partial charge on any atom is -0.494 e. The molecule has 0 atom stereocenters. The Labute approximate surface area is 300 Å². The first-order valence-corrected chi connectivity index (χ1v) is 20.2. The summed E-state index contributed by atoms with van der Waals surface area (Å²) in [5, 5.41) is 6.49. The summed E-state index contributed by atoms with van der Waals surface area (Å²) in [7, 11) is 1.95. The molecule has 0 saturated heterocycles. The van der Waals surface area contributed by atoms with Crippen LogP contribution in [0.25, 0.3) is 0 Å². The molecule has 1 aromatic rings. The molecule has 276 valence electrons. The number of amides is 4. The first kappa shape index (κ1) is 36.5. The van der Waals surface area contributed by atoms with Crippen LogP contribution in [0.4, 0.5) is 10.5 Å². The molecule has 4 saturated carbocycles. The largest absolute Gasteiger partial charge is 0.494 e. The third-order valence-corrected chi connectivity index (χ3v) is 12.0. The van der Waals surface area contributed by atoms with Gasteiger partial charge in [0.15, 0.2) is 0 Å². The lowest BCUT2D eigenvalue weighted by molar-refractivity contribution is -0.132. The molecule has 4 amide bonds. The minimum atomic E-state index is -0.0766. The summed E-state index contributed by atoms with van der Waals surface area (Å²) in [6, 6.07) is 6.89. The van der Waals surface area contributed by atoms with Crippen molar-refractivity contribution in [3.8, 4) is 5.75 Å². The van der Waals surface area contributed by atoms with Gasteiger partial charge in [-0.1, -0.05) is 77.0 Å². The van der Waals surface area contributed by atoms with E-state index in [0.717, 1.165) is 81.2 Å². The first-order chi connectivity index (χ1) is 24.4. The Kier molecular flexibility index (Phi) is 13.3. The summed E-state index contributed by atoms with van der Waals surface area (Å²) in [6.07, 6.45) is 24.0. The van der Waals surface area contributed by atoms with Crippen molar-refractivity contribution in [1.29, 1.82) is 0 Å². The zero-order valence-corrected chi connectivity index (χ0v) is 30.6. The third kappa shape index (κ3) is 9.93. The van der Waals surface area contributed by atoms with Crippen LogP contribution in [0.15, 0.2) is 23.2 Å². The molecule has 2 N–H and O–H groups in total. The fourth-order valence-electron chi connectivity index (χ4n) is 9.05. The van der Waals surface area contributed by atoms with Gasteiger partial charge >= 0.3 is 6.03 Å². The van der Waals surface area contributed by atoms with E-state index in [1.807, 2.05) is 35.0 Å². The van der Waals surface area contributed by atoms with Gasteiger partial charge in [-0.15, -0.1) is 0 Å². The first-order valence-electron chi connectivity index (χ1n) is 20.2. The van der Waals surface area contributed by atoms with Crippen molar-refractivity contribution in [2.45, 2.75) is 172 Å². The zero-order chi connectivity index (χ0) is 34.7. The van der Waals surface area contributed by atoms with E-state index in [-0.39, 0.29) is 42.5 Å². The molecule has 1 aromatic carbocycles. The van der Waals surface area contributed by atoms with Gasteiger partial charge < -0.3 is 24.8 Å². The number of carbonyl (C=O) groups is 3. The van der Waals surface area contributed by atoms with Crippen LogP contribution >= 0.6 is 0 Å². The van der Waals surface area contributed by atoms with E-state index >= 15 is 0 Å². The molecule has 5 aliphatic rings. The molecular weight excluding hydrogens is 628 g/mol. The number of guanidine groups is 1. The molecule has 0 unspecified atom stereocenters. The van der Waals surface area contributed by atoms with Crippen molar-refractivity contribution >= 4 is 29.5 Å². The van der Waals surface area contributed by atoms with Gasteiger partial charge in [-0.2, -0.15) is 0 Å². The van der Waals surface area contributed by atoms with Crippen LogP contribution in [0.2, 0.25) is 0 Å². The van der Waals surface area contributed by atoms with Crippen molar-refractivity contribution in [3.05, 3.63) is 23.8 Å². The second-order valence-electron chi connectivity index (χ2n) is 15.7. The number of hydrogen-bond acceptors (Lipinski definition) is 6. The van der Waals surface area contributed by atoms with Crippen LogP contribution in [0.5, 0.6) is 5.75 Å². The highest BCUT2D eigenvalue weighted by molar-refractivity contribution is 6.00. The SMILES string of the molecule is CN(C(=O)CCCOc1ccc2c(c1)CN(CC(=O)NC1CCCCC1)C(NC(=O)N(C1CCCCC1)C1CCCCC1)=N2)C1CCCCC1. The van der Waals surface area contributed by atoms with E-state index in [1.54, 1.807) is 0 Å². The lowest BCUT2D eigenvalue weighted by Gasteiger charge is -2.42. The highest BCUT2D eigenvalue weighted by Gasteiger charge is 2.35. The molecule has 6 rings (SSSR count). The number of ether oxygens (including phenoxy) is 1. The van der Waals surface area contributed by atoms with E-state index in [4.69, 9.17) is 9.73 Å². The molecule has 1 aliphatic heterocycles. The Bertz CT molecular complexity index is 1290. The topological polar surface area (TPSA) is 107 Å². The number of rotatable bonds is 11. The number of aliphatic imine (C=N–C) groups is 1. The normalized spacial score (nSPS) is 21.1. The van der Waals surface area contributed by atoms with Gasteiger partial charge in [0.05, 0.1) is 12.3 Å². The van der Waals surface area contributed by atoms with E-state index in [9.17, 15) is 14.4 Å². The molecule has 0 aromatic heterocycles.